The van der Waals surface area contributed by atoms with Gasteiger partial charge in [0.05, 0.1) is 17.0 Å². The van der Waals surface area contributed by atoms with Crippen LogP contribution in [0, 0.1) is 17.7 Å². The largest absolute Gasteiger partial charge is 0.492 e. The number of ether oxygens (including phenoxy) is 1. The van der Waals surface area contributed by atoms with Crippen molar-refractivity contribution in [2.24, 2.45) is 11.8 Å². The van der Waals surface area contributed by atoms with Gasteiger partial charge in [-0.15, -0.1) is 0 Å². The minimum Gasteiger partial charge on any atom is -0.492 e. The van der Waals surface area contributed by atoms with Crippen molar-refractivity contribution in [3.05, 3.63) is 28.0 Å². The number of benzene rings is 1. The van der Waals surface area contributed by atoms with Gasteiger partial charge in [-0.1, -0.05) is 0 Å². The molecule has 5 heteroatoms. The first kappa shape index (κ1) is 10.1. The molecule has 1 aromatic rings. The maximum atomic E-state index is 13.7. The standard InChI is InChI=1S/C11H8BrFO3/c12-5-1-2-6(13)9-7-4(3-16-10(5)9)8(7)11(14)15/h1-2,4,7-8H,3H2,(H,14,15). The van der Waals surface area contributed by atoms with Gasteiger partial charge in [-0.2, -0.15) is 0 Å². The van der Waals surface area contributed by atoms with Gasteiger partial charge in [-0.25, -0.2) is 4.39 Å². The van der Waals surface area contributed by atoms with Crippen LogP contribution in [0.3, 0.4) is 0 Å². The molecule has 0 amide bonds. The molecule has 84 valence electrons. The molecule has 0 spiro atoms. The van der Waals surface area contributed by atoms with E-state index in [0.717, 1.165) is 0 Å². The Morgan fingerprint density at radius 2 is 2.31 bits per heavy atom. The van der Waals surface area contributed by atoms with E-state index in [1.54, 1.807) is 6.07 Å². The van der Waals surface area contributed by atoms with Gasteiger partial charge in [0.15, 0.2) is 0 Å². The summed E-state index contributed by atoms with van der Waals surface area (Å²) in [6.07, 6.45) is 0. The van der Waals surface area contributed by atoms with Crippen molar-refractivity contribution in [2.75, 3.05) is 6.61 Å². The molecule has 2 aliphatic rings. The maximum Gasteiger partial charge on any atom is 0.307 e. The van der Waals surface area contributed by atoms with E-state index >= 15 is 0 Å². The second-order valence-corrected chi connectivity index (χ2v) is 4.99. The Hall–Kier alpha value is -1.10. The molecule has 1 saturated carbocycles. The highest BCUT2D eigenvalue weighted by Crippen LogP contribution is 2.60. The Balaban J connectivity index is 2.10. The molecule has 0 bridgehead atoms. The summed E-state index contributed by atoms with van der Waals surface area (Å²) in [5, 5.41) is 8.98. The second-order valence-electron chi connectivity index (χ2n) is 4.14. The minimum atomic E-state index is -0.870. The fraction of sp³-hybridized carbons (Fsp3) is 0.364. The highest BCUT2D eigenvalue weighted by molar-refractivity contribution is 9.10. The smallest absolute Gasteiger partial charge is 0.307 e. The summed E-state index contributed by atoms with van der Waals surface area (Å²) in [6.45, 7) is 0.358. The number of carbonyl (C=O) groups is 1. The quantitative estimate of drug-likeness (QED) is 0.862. The zero-order chi connectivity index (χ0) is 11.4. The molecular formula is C11H8BrFO3. The van der Waals surface area contributed by atoms with Crippen LogP contribution in [0.15, 0.2) is 16.6 Å². The first-order valence-electron chi connectivity index (χ1n) is 4.94. The van der Waals surface area contributed by atoms with Crippen molar-refractivity contribution in [2.45, 2.75) is 5.92 Å². The third kappa shape index (κ3) is 1.21. The van der Waals surface area contributed by atoms with Crippen LogP contribution >= 0.6 is 15.9 Å². The van der Waals surface area contributed by atoms with Crippen molar-refractivity contribution >= 4 is 21.9 Å². The Labute approximate surface area is 99.3 Å². The van der Waals surface area contributed by atoms with Crippen molar-refractivity contribution in [3.8, 4) is 5.75 Å². The summed E-state index contributed by atoms with van der Waals surface area (Å²) in [5.74, 6) is -1.58. The summed E-state index contributed by atoms with van der Waals surface area (Å²) in [5.41, 5.74) is 0.415. The number of carboxylic acid groups (broad SMARTS) is 1. The monoisotopic (exact) mass is 286 g/mol. The van der Waals surface area contributed by atoms with Gasteiger partial charge in [0.25, 0.3) is 0 Å². The lowest BCUT2D eigenvalue weighted by molar-refractivity contribution is -0.139. The van der Waals surface area contributed by atoms with Gasteiger partial charge in [0.2, 0.25) is 0 Å². The van der Waals surface area contributed by atoms with Crippen LogP contribution < -0.4 is 4.74 Å². The molecular weight excluding hydrogens is 279 g/mol. The Morgan fingerprint density at radius 1 is 1.56 bits per heavy atom. The van der Waals surface area contributed by atoms with Crippen molar-refractivity contribution in [1.29, 1.82) is 0 Å². The maximum absolute atomic E-state index is 13.7. The number of carboxylic acids is 1. The summed E-state index contributed by atoms with van der Waals surface area (Å²) in [4.78, 5) is 10.9. The molecule has 0 radical (unpaired) electrons. The lowest BCUT2D eigenvalue weighted by Gasteiger charge is -2.17. The van der Waals surface area contributed by atoms with Crippen LogP contribution in [-0.2, 0) is 4.79 Å². The number of halogens is 2. The molecule has 1 aromatic carbocycles. The van der Waals surface area contributed by atoms with E-state index in [1.165, 1.54) is 6.07 Å². The highest BCUT2D eigenvalue weighted by Gasteiger charge is 2.60. The van der Waals surface area contributed by atoms with Gasteiger partial charge in [0.1, 0.15) is 11.6 Å². The van der Waals surface area contributed by atoms with E-state index in [9.17, 15) is 9.18 Å². The van der Waals surface area contributed by atoms with Crippen molar-refractivity contribution < 1.29 is 19.0 Å². The summed E-state index contributed by atoms with van der Waals surface area (Å²) in [6, 6.07) is 2.92. The average molecular weight is 287 g/mol. The molecule has 1 aliphatic heterocycles. The zero-order valence-corrected chi connectivity index (χ0v) is 9.70. The van der Waals surface area contributed by atoms with Gasteiger partial charge in [0, 0.05) is 17.4 Å². The third-order valence-corrected chi connectivity index (χ3v) is 3.93. The molecule has 1 N–H and O–H groups in total. The predicted molar refractivity (Wildman–Crippen MR) is 57.0 cm³/mol. The van der Waals surface area contributed by atoms with Crippen LogP contribution in [0.2, 0.25) is 0 Å². The topological polar surface area (TPSA) is 46.5 Å². The number of rotatable bonds is 1. The van der Waals surface area contributed by atoms with Crippen molar-refractivity contribution in [3.63, 3.8) is 0 Å². The first-order chi connectivity index (χ1) is 7.61. The molecule has 3 unspecified atom stereocenters. The van der Waals surface area contributed by atoms with Crippen molar-refractivity contribution in [1.82, 2.24) is 0 Å². The van der Waals surface area contributed by atoms with E-state index in [-0.39, 0.29) is 17.7 Å². The van der Waals surface area contributed by atoms with Gasteiger partial charge in [-0.3, -0.25) is 4.79 Å². The summed E-state index contributed by atoms with van der Waals surface area (Å²) >= 11 is 3.28. The fourth-order valence-corrected chi connectivity index (χ4v) is 2.96. The molecule has 1 fully saturated rings. The van der Waals surface area contributed by atoms with E-state index in [2.05, 4.69) is 15.9 Å². The van der Waals surface area contributed by atoms with Gasteiger partial charge >= 0.3 is 5.97 Å². The number of aliphatic carboxylic acids is 1. The lowest BCUT2D eigenvalue weighted by Crippen LogP contribution is -2.10. The molecule has 0 saturated heterocycles. The fourth-order valence-electron chi connectivity index (χ4n) is 2.50. The van der Waals surface area contributed by atoms with E-state index in [1.807, 2.05) is 0 Å². The highest BCUT2D eigenvalue weighted by atomic mass is 79.9. The van der Waals surface area contributed by atoms with E-state index in [0.29, 0.717) is 22.4 Å². The zero-order valence-electron chi connectivity index (χ0n) is 8.11. The average Bonchev–Trinajstić information content (AvgIpc) is 2.97. The normalized spacial score (nSPS) is 30.0. The Morgan fingerprint density at radius 3 is 3.00 bits per heavy atom. The second kappa shape index (κ2) is 3.20. The molecule has 1 heterocycles. The van der Waals surface area contributed by atoms with Crippen LogP contribution in [0.1, 0.15) is 11.5 Å². The third-order valence-electron chi connectivity index (χ3n) is 3.30. The van der Waals surface area contributed by atoms with E-state index < -0.39 is 11.9 Å². The SMILES string of the molecule is O=C(O)C1C2COc3c(Br)ccc(F)c3C21. The predicted octanol–water partition coefficient (Wildman–Crippen LogP) is 2.39. The number of fused-ring (bicyclic) bond motifs is 3. The van der Waals surface area contributed by atoms with E-state index in [4.69, 9.17) is 9.84 Å². The Kier molecular flexibility index (Phi) is 2.01. The van der Waals surface area contributed by atoms with Gasteiger partial charge < -0.3 is 9.84 Å². The van der Waals surface area contributed by atoms with Crippen LogP contribution in [-0.4, -0.2) is 17.7 Å². The summed E-state index contributed by atoms with van der Waals surface area (Å²) in [7, 11) is 0. The Bertz CT molecular complexity index is 488. The molecule has 3 nitrogen and oxygen atoms in total. The molecule has 0 aromatic heterocycles. The van der Waals surface area contributed by atoms with Crippen LogP contribution in [0.25, 0.3) is 0 Å². The number of hydrogen-bond donors (Lipinski definition) is 1. The molecule has 3 atom stereocenters. The number of hydrogen-bond acceptors (Lipinski definition) is 2. The molecule has 3 rings (SSSR count). The lowest BCUT2D eigenvalue weighted by atomic mass is 10.0. The molecule has 1 aliphatic carbocycles. The molecule has 16 heavy (non-hydrogen) atoms. The first-order valence-corrected chi connectivity index (χ1v) is 5.74. The van der Waals surface area contributed by atoms with Crippen LogP contribution in [0.5, 0.6) is 5.75 Å². The van der Waals surface area contributed by atoms with Gasteiger partial charge in [-0.05, 0) is 28.1 Å². The summed E-state index contributed by atoms with van der Waals surface area (Å²) < 4.78 is 19.8. The minimum absolute atomic E-state index is 0.0752. The van der Waals surface area contributed by atoms with Crippen LogP contribution in [0.4, 0.5) is 4.39 Å².